The lowest BCUT2D eigenvalue weighted by molar-refractivity contribution is 0.185. The number of halogens is 1. The van der Waals surface area contributed by atoms with E-state index in [0.717, 1.165) is 17.7 Å². The molecule has 1 N–H and O–H groups in total. The lowest BCUT2D eigenvalue weighted by Gasteiger charge is -2.15. The first-order valence-electron chi connectivity index (χ1n) is 6.74. The van der Waals surface area contributed by atoms with Crippen LogP contribution in [0.5, 0.6) is 0 Å². The van der Waals surface area contributed by atoms with Gasteiger partial charge in [-0.3, -0.25) is 0 Å². The summed E-state index contributed by atoms with van der Waals surface area (Å²) >= 11 is 0. The zero-order valence-corrected chi connectivity index (χ0v) is 11.9. The van der Waals surface area contributed by atoms with Gasteiger partial charge < -0.3 is 10.1 Å². The van der Waals surface area contributed by atoms with Crippen LogP contribution < -0.4 is 5.32 Å². The van der Waals surface area contributed by atoms with Crippen LogP contribution in [0.3, 0.4) is 0 Å². The fourth-order valence-corrected chi connectivity index (χ4v) is 2.16. The van der Waals surface area contributed by atoms with Gasteiger partial charge in [-0.05, 0) is 35.7 Å². The van der Waals surface area contributed by atoms with Crippen LogP contribution in [-0.4, -0.2) is 7.11 Å². The van der Waals surface area contributed by atoms with Crippen molar-refractivity contribution >= 4 is 0 Å². The van der Waals surface area contributed by atoms with E-state index in [9.17, 15) is 4.39 Å². The van der Waals surface area contributed by atoms with Gasteiger partial charge in [-0.2, -0.15) is 0 Å². The molecule has 20 heavy (non-hydrogen) atoms. The minimum Gasteiger partial charge on any atom is -0.380 e. The van der Waals surface area contributed by atoms with E-state index in [1.165, 1.54) is 11.6 Å². The first kappa shape index (κ1) is 14.7. The van der Waals surface area contributed by atoms with Crippen molar-refractivity contribution in [1.29, 1.82) is 0 Å². The number of hydrogen-bond donors (Lipinski definition) is 1. The van der Waals surface area contributed by atoms with E-state index in [1.807, 2.05) is 25.1 Å². The number of ether oxygens (including phenoxy) is 1. The van der Waals surface area contributed by atoms with Gasteiger partial charge in [-0.1, -0.05) is 36.4 Å². The molecule has 0 aliphatic heterocycles. The predicted octanol–water partition coefficient (Wildman–Crippen LogP) is 3.82. The van der Waals surface area contributed by atoms with Crippen LogP contribution in [0.15, 0.2) is 48.5 Å². The Bertz CT molecular complexity index is 556. The Morgan fingerprint density at radius 2 is 1.85 bits per heavy atom. The van der Waals surface area contributed by atoms with Crippen molar-refractivity contribution in [2.45, 2.75) is 26.1 Å². The number of benzene rings is 2. The average molecular weight is 273 g/mol. The largest absolute Gasteiger partial charge is 0.380 e. The van der Waals surface area contributed by atoms with Crippen molar-refractivity contribution in [3.63, 3.8) is 0 Å². The second-order valence-electron chi connectivity index (χ2n) is 4.91. The van der Waals surface area contributed by atoms with Crippen LogP contribution >= 0.6 is 0 Å². The molecular formula is C17H20FNO. The summed E-state index contributed by atoms with van der Waals surface area (Å²) in [5, 5.41) is 3.40. The van der Waals surface area contributed by atoms with E-state index in [2.05, 4.69) is 17.4 Å². The first-order chi connectivity index (χ1) is 9.69. The standard InChI is InChI=1S/C17H20FNO/c1-13(16-7-4-8-17(18)10-16)19-11-14-5-3-6-15(9-14)12-20-2/h3-10,13,19H,11-12H2,1-2H3/t13-/m0/s1. The van der Waals surface area contributed by atoms with Gasteiger partial charge in [0.15, 0.2) is 0 Å². The zero-order chi connectivity index (χ0) is 14.4. The second kappa shape index (κ2) is 7.17. The molecule has 2 rings (SSSR count). The van der Waals surface area contributed by atoms with Crippen molar-refractivity contribution < 1.29 is 9.13 Å². The molecule has 0 aliphatic rings. The fourth-order valence-electron chi connectivity index (χ4n) is 2.16. The van der Waals surface area contributed by atoms with Gasteiger partial charge in [0.2, 0.25) is 0 Å². The Hall–Kier alpha value is -1.71. The predicted molar refractivity (Wildman–Crippen MR) is 78.8 cm³/mol. The third-order valence-electron chi connectivity index (χ3n) is 3.26. The van der Waals surface area contributed by atoms with Gasteiger partial charge in [-0.15, -0.1) is 0 Å². The summed E-state index contributed by atoms with van der Waals surface area (Å²) in [6.45, 7) is 3.40. The van der Waals surface area contributed by atoms with E-state index in [1.54, 1.807) is 19.2 Å². The smallest absolute Gasteiger partial charge is 0.123 e. The molecular weight excluding hydrogens is 253 g/mol. The molecule has 0 amide bonds. The molecule has 0 aliphatic carbocycles. The maximum Gasteiger partial charge on any atom is 0.123 e. The molecule has 0 saturated heterocycles. The summed E-state index contributed by atoms with van der Waals surface area (Å²) < 4.78 is 18.3. The molecule has 0 unspecified atom stereocenters. The summed E-state index contributed by atoms with van der Waals surface area (Å²) in [6.07, 6.45) is 0. The summed E-state index contributed by atoms with van der Waals surface area (Å²) in [6, 6.07) is 15.1. The number of methoxy groups -OCH3 is 1. The van der Waals surface area contributed by atoms with Gasteiger partial charge in [0.05, 0.1) is 6.61 Å². The average Bonchev–Trinajstić information content (AvgIpc) is 2.45. The molecule has 0 saturated carbocycles. The van der Waals surface area contributed by atoms with Gasteiger partial charge in [0, 0.05) is 19.7 Å². The Morgan fingerprint density at radius 3 is 2.60 bits per heavy atom. The minimum absolute atomic E-state index is 0.108. The highest BCUT2D eigenvalue weighted by molar-refractivity contribution is 5.24. The van der Waals surface area contributed by atoms with Crippen molar-refractivity contribution in [2.24, 2.45) is 0 Å². The van der Waals surface area contributed by atoms with Crippen LogP contribution in [0.2, 0.25) is 0 Å². The Balaban J connectivity index is 1.96. The summed E-state index contributed by atoms with van der Waals surface area (Å²) in [7, 11) is 1.69. The van der Waals surface area contributed by atoms with E-state index in [0.29, 0.717) is 6.61 Å². The molecule has 0 heterocycles. The third kappa shape index (κ3) is 4.15. The van der Waals surface area contributed by atoms with Crippen LogP contribution in [0.4, 0.5) is 4.39 Å². The molecule has 0 spiro atoms. The summed E-state index contributed by atoms with van der Waals surface area (Å²) in [5.41, 5.74) is 3.31. The van der Waals surface area contributed by atoms with Gasteiger partial charge in [-0.25, -0.2) is 4.39 Å². The van der Waals surface area contributed by atoms with Crippen LogP contribution in [-0.2, 0) is 17.9 Å². The van der Waals surface area contributed by atoms with E-state index < -0.39 is 0 Å². The lowest BCUT2D eigenvalue weighted by atomic mass is 10.1. The molecule has 2 nitrogen and oxygen atoms in total. The fraction of sp³-hybridized carbons (Fsp3) is 0.294. The van der Waals surface area contributed by atoms with Gasteiger partial charge >= 0.3 is 0 Å². The molecule has 0 fully saturated rings. The topological polar surface area (TPSA) is 21.3 Å². The van der Waals surface area contributed by atoms with Crippen molar-refractivity contribution in [1.82, 2.24) is 5.32 Å². The third-order valence-corrected chi connectivity index (χ3v) is 3.26. The molecule has 2 aromatic carbocycles. The molecule has 1 atom stereocenters. The zero-order valence-electron chi connectivity index (χ0n) is 11.9. The van der Waals surface area contributed by atoms with Gasteiger partial charge in [0.25, 0.3) is 0 Å². The van der Waals surface area contributed by atoms with Crippen LogP contribution in [0, 0.1) is 5.82 Å². The summed E-state index contributed by atoms with van der Waals surface area (Å²) in [4.78, 5) is 0. The van der Waals surface area contributed by atoms with E-state index in [-0.39, 0.29) is 11.9 Å². The van der Waals surface area contributed by atoms with Gasteiger partial charge in [0.1, 0.15) is 5.82 Å². The lowest BCUT2D eigenvalue weighted by Crippen LogP contribution is -2.18. The quantitative estimate of drug-likeness (QED) is 0.864. The maximum absolute atomic E-state index is 13.2. The number of nitrogens with one attached hydrogen (secondary N) is 1. The van der Waals surface area contributed by atoms with Crippen LogP contribution in [0.25, 0.3) is 0 Å². The van der Waals surface area contributed by atoms with Crippen molar-refractivity contribution in [3.05, 3.63) is 71.0 Å². The molecule has 3 heteroatoms. The molecule has 0 bridgehead atoms. The van der Waals surface area contributed by atoms with Crippen molar-refractivity contribution in [3.8, 4) is 0 Å². The SMILES string of the molecule is COCc1cccc(CN[C@@H](C)c2cccc(F)c2)c1. The Labute approximate surface area is 119 Å². The summed E-state index contributed by atoms with van der Waals surface area (Å²) in [5.74, 6) is -0.196. The second-order valence-corrected chi connectivity index (χ2v) is 4.91. The molecule has 106 valence electrons. The maximum atomic E-state index is 13.2. The van der Waals surface area contributed by atoms with Crippen LogP contribution in [0.1, 0.15) is 29.7 Å². The highest BCUT2D eigenvalue weighted by Gasteiger charge is 2.06. The number of hydrogen-bond acceptors (Lipinski definition) is 2. The normalized spacial score (nSPS) is 12.3. The molecule has 0 radical (unpaired) electrons. The van der Waals surface area contributed by atoms with E-state index >= 15 is 0 Å². The van der Waals surface area contributed by atoms with E-state index in [4.69, 9.17) is 4.74 Å². The first-order valence-corrected chi connectivity index (χ1v) is 6.74. The Morgan fingerprint density at radius 1 is 1.10 bits per heavy atom. The minimum atomic E-state index is -0.196. The van der Waals surface area contributed by atoms with Crippen molar-refractivity contribution in [2.75, 3.05) is 7.11 Å². The molecule has 0 aromatic heterocycles. The monoisotopic (exact) mass is 273 g/mol. The highest BCUT2D eigenvalue weighted by atomic mass is 19.1. The number of rotatable bonds is 6. The highest BCUT2D eigenvalue weighted by Crippen LogP contribution is 2.14. The Kier molecular flexibility index (Phi) is 5.27. The molecule has 2 aromatic rings.